The van der Waals surface area contributed by atoms with Gasteiger partial charge in [0.1, 0.15) is 0 Å². The average Bonchev–Trinajstić information content (AvgIpc) is 2.84. The Morgan fingerprint density at radius 2 is 1.85 bits per heavy atom. The summed E-state index contributed by atoms with van der Waals surface area (Å²) in [7, 11) is 1.30. The van der Waals surface area contributed by atoms with Gasteiger partial charge >= 0.3 is 5.97 Å². The highest BCUT2D eigenvalue weighted by molar-refractivity contribution is 6.30. The molecule has 1 heterocycles. The minimum absolute atomic E-state index is 0.263. The molecule has 26 heavy (non-hydrogen) atoms. The zero-order valence-corrected chi connectivity index (χ0v) is 15.5. The van der Waals surface area contributed by atoms with Crippen molar-refractivity contribution in [3.63, 3.8) is 0 Å². The summed E-state index contributed by atoms with van der Waals surface area (Å²) in [6.45, 7) is 3.69. The van der Waals surface area contributed by atoms with Gasteiger partial charge in [0, 0.05) is 16.4 Å². The number of hydrogen-bond donors (Lipinski definition) is 0. The topological polar surface area (TPSA) is 46.6 Å². The molecule has 0 spiro atoms. The van der Waals surface area contributed by atoms with E-state index in [0.29, 0.717) is 16.4 Å². The number of allylic oxidation sites excluding steroid dienone is 1. The maximum absolute atomic E-state index is 13.1. The SMILES string of the molecule is COC(=O)C1=C(C)N(c2cccc(C)c2)C(=O)/C1=C\c1cccc(Cl)c1. The molecule has 0 aromatic heterocycles. The van der Waals surface area contributed by atoms with Crippen LogP contribution in [0.5, 0.6) is 0 Å². The third-order valence-electron chi connectivity index (χ3n) is 4.21. The molecule has 0 unspecified atom stereocenters. The lowest BCUT2D eigenvalue weighted by Crippen LogP contribution is -2.24. The Balaban J connectivity index is 2.15. The summed E-state index contributed by atoms with van der Waals surface area (Å²) in [6, 6.07) is 14.7. The van der Waals surface area contributed by atoms with E-state index in [1.807, 2.05) is 37.3 Å². The Labute approximate surface area is 157 Å². The number of methoxy groups -OCH3 is 1. The standard InChI is InChI=1S/C21H18ClNO3/c1-13-6-4-9-17(10-13)23-14(2)19(21(25)26-3)18(20(23)24)12-15-7-5-8-16(22)11-15/h4-12H,1-3H3/b18-12-. The summed E-state index contributed by atoms with van der Waals surface area (Å²) >= 11 is 6.04. The summed E-state index contributed by atoms with van der Waals surface area (Å²) in [4.78, 5) is 27.0. The van der Waals surface area contributed by atoms with Crippen LogP contribution in [0.4, 0.5) is 5.69 Å². The molecule has 132 valence electrons. The van der Waals surface area contributed by atoms with Crippen molar-refractivity contribution >= 4 is 35.2 Å². The first-order chi connectivity index (χ1) is 12.4. The summed E-state index contributed by atoms with van der Waals surface area (Å²) < 4.78 is 4.91. The maximum Gasteiger partial charge on any atom is 0.340 e. The van der Waals surface area contributed by atoms with Crippen molar-refractivity contribution in [3.05, 3.63) is 81.5 Å². The van der Waals surface area contributed by atoms with Crippen LogP contribution >= 0.6 is 11.6 Å². The number of nitrogens with zero attached hydrogens (tertiary/aromatic N) is 1. The summed E-state index contributed by atoms with van der Waals surface area (Å²) in [5, 5.41) is 0.556. The fourth-order valence-electron chi connectivity index (χ4n) is 3.02. The van der Waals surface area contributed by atoms with E-state index in [2.05, 4.69) is 0 Å². The van der Waals surface area contributed by atoms with E-state index in [-0.39, 0.29) is 17.1 Å². The van der Waals surface area contributed by atoms with Crippen LogP contribution in [0.25, 0.3) is 6.08 Å². The van der Waals surface area contributed by atoms with Gasteiger partial charge in [-0.1, -0.05) is 35.9 Å². The highest BCUT2D eigenvalue weighted by Crippen LogP contribution is 2.35. The van der Waals surface area contributed by atoms with Crippen LogP contribution in [0.3, 0.4) is 0 Å². The predicted molar refractivity (Wildman–Crippen MR) is 103 cm³/mol. The molecule has 0 atom stereocenters. The third kappa shape index (κ3) is 3.28. The molecule has 2 aromatic rings. The second-order valence-electron chi connectivity index (χ2n) is 6.04. The van der Waals surface area contributed by atoms with E-state index in [1.165, 1.54) is 12.0 Å². The Bertz CT molecular complexity index is 959. The van der Waals surface area contributed by atoms with Crippen LogP contribution in [0, 0.1) is 6.92 Å². The fourth-order valence-corrected chi connectivity index (χ4v) is 3.22. The monoisotopic (exact) mass is 367 g/mol. The molecule has 0 saturated carbocycles. The molecular weight excluding hydrogens is 350 g/mol. The number of carbonyl (C=O) groups is 2. The van der Waals surface area contributed by atoms with Gasteiger partial charge in [0.25, 0.3) is 5.91 Å². The second-order valence-corrected chi connectivity index (χ2v) is 6.48. The lowest BCUT2D eigenvalue weighted by molar-refractivity contribution is -0.136. The Hall–Kier alpha value is -2.85. The van der Waals surface area contributed by atoms with Crippen LogP contribution in [-0.4, -0.2) is 19.0 Å². The van der Waals surface area contributed by atoms with Gasteiger partial charge in [0.2, 0.25) is 0 Å². The Morgan fingerprint density at radius 3 is 2.50 bits per heavy atom. The van der Waals surface area contributed by atoms with Crippen LogP contribution < -0.4 is 4.90 Å². The number of halogens is 1. The summed E-state index contributed by atoms with van der Waals surface area (Å²) in [5.74, 6) is -0.812. The molecular formula is C21H18ClNO3. The average molecular weight is 368 g/mol. The molecule has 1 aliphatic rings. The molecule has 2 aromatic carbocycles. The summed E-state index contributed by atoms with van der Waals surface area (Å²) in [6.07, 6.45) is 1.67. The van der Waals surface area contributed by atoms with E-state index >= 15 is 0 Å². The molecule has 4 nitrogen and oxygen atoms in total. The number of carbonyl (C=O) groups excluding carboxylic acids is 2. The molecule has 0 aliphatic carbocycles. The van der Waals surface area contributed by atoms with E-state index in [9.17, 15) is 9.59 Å². The Morgan fingerprint density at radius 1 is 1.12 bits per heavy atom. The van der Waals surface area contributed by atoms with Crippen LogP contribution in [-0.2, 0) is 14.3 Å². The number of esters is 1. The molecule has 0 N–H and O–H groups in total. The van der Waals surface area contributed by atoms with Crippen molar-refractivity contribution in [1.29, 1.82) is 0 Å². The van der Waals surface area contributed by atoms with Crippen molar-refractivity contribution < 1.29 is 14.3 Å². The highest BCUT2D eigenvalue weighted by atomic mass is 35.5. The van der Waals surface area contributed by atoms with Gasteiger partial charge in [-0.3, -0.25) is 9.69 Å². The van der Waals surface area contributed by atoms with E-state index in [0.717, 1.165) is 11.1 Å². The van der Waals surface area contributed by atoms with Crippen molar-refractivity contribution in [2.75, 3.05) is 12.0 Å². The zero-order chi connectivity index (χ0) is 18.8. The normalized spacial score (nSPS) is 15.8. The Kier molecular flexibility index (Phi) is 4.96. The molecule has 5 heteroatoms. The number of benzene rings is 2. The maximum atomic E-state index is 13.1. The van der Waals surface area contributed by atoms with Gasteiger partial charge in [-0.15, -0.1) is 0 Å². The van der Waals surface area contributed by atoms with Crippen molar-refractivity contribution in [3.8, 4) is 0 Å². The lowest BCUT2D eigenvalue weighted by atomic mass is 10.0. The van der Waals surface area contributed by atoms with E-state index in [1.54, 1.807) is 31.2 Å². The number of rotatable bonds is 3. The van der Waals surface area contributed by atoms with E-state index in [4.69, 9.17) is 16.3 Å². The fraction of sp³-hybridized carbons (Fsp3) is 0.143. The molecule has 1 amide bonds. The number of anilines is 1. The second kappa shape index (κ2) is 7.18. The molecule has 0 fully saturated rings. The first-order valence-electron chi connectivity index (χ1n) is 8.10. The van der Waals surface area contributed by atoms with Gasteiger partial charge in [-0.2, -0.15) is 0 Å². The van der Waals surface area contributed by atoms with Crippen molar-refractivity contribution in [2.24, 2.45) is 0 Å². The van der Waals surface area contributed by atoms with Crippen LogP contribution in [0.15, 0.2) is 65.4 Å². The van der Waals surface area contributed by atoms with Crippen molar-refractivity contribution in [2.45, 2.75) is 13.8 Å². The zero-order valence-electron chi connectivity index (χ0n) is 14.7. The van der Waals surface area contributed by atoms with E-state index < -0.39 is 5.97 Å². The van der Waals surface area contributed by atoms with Gasteiger partial charge < -0.3 is 4.74 Å². The van der Waals surface area contributed by atoms with Gasteiger partial charge in [0.05, 0.1) is 18.3 Å². The van der Waals surface area contributed by atoms with Crippen LogP contribution in [0.1, 0.15) is 18.1 Å². The van der Waals surface area contributed by atoms with Crippen molar-refractivity contribution in [1.82, 2.24) is 0 Å². The smallest absolute Gasteiger partial charge is 0.340 e. The van der Waals surface area contributed by atoms with Gasteiger partial charge in [-0.05, 0) is 55.3 Å². The number of amides is 1. The molecule has 0 bridgehead atoms. The van der Waals surface area contributed by atoms with Gasteiger partial charge in [0.15, 0.2) is 0 Å². The molecule has 0 radical (unpaired) electrons. The molecule has 0 saturated heterocycles. The first kappa shape index (κ1) is 18.0. The van der Waals surface area contributed by atoms with Gasteiger partial charge in [-0.25, -0.2) is 4.79 Å². The number of ether oxygens (including phenoxy) is 1. The largest absolute Gasteiger partial charge is 0.465 e. The van der Waals surface area contributed by atoms with Crippen LogP contribution in [0.2, 0.25) is 5.02 Å². The minimum Gasteiger partial charge on any atom is -0.465 e. The predicted octanol–water partition coefficient (Wildman–Crippen LogP) is 4.53. The number of hydrogen-bond acceptors (Lipinski definition) is 3. The molecule has 1 aliphatic heterocycles. The first-order valence-corrected chi connectivity index (χ1v) is 8.48. The lowest BCUT2D eigenvalue weighted by Gasteiger charge is -2.18. The highest BCUT2D eigenvalue weighted by Gasteiger charge is 2.37. The molecule has 3 rings (SSSR count). The quantitative estimate of drug-likeness (QED) is 0.591. The number of aryl methyl sites for hydroxylation is 1. The minimum atomic E-state index is -0.542. The third-order valence-corrected chi connectivity index (χ3v) is 4.44. The summed E-state index contributed by atoms with van der Waals surface area (Å²) in [5.41, 5.74) is 3.57.